The van der Waals surface area contributed by atoms with Gasteiger partial charge in [0.15, 0.2) is 4.96 Å². The first-order chi connectivity index (χ1) is 10.7. The van der Waals surface area contributed by atoms with Crippen LogP contribution in [0.2, 0.25) is 0 Å². The number of fused-ring (bicyclic) bond motifs is 1. The fourth-order valence-electron chi connectivity index (χ4n) is 2.29. The zero-order valence-electron chi connectivity index (χ0n) is 11.1. The van der Waals surface area contributed by atoms with Gasteiger partial charge in [0, 0.05) is 17.1 Å². The largest absolute Gasteiger partial charge is 0.307 e. The van der Waals surface area contributed by atoms with E-state index >= 15 is 0 Å². The summed E-state index contributed by atoms with van der Waals surface area (Å²) in [5.41, 5.74) is 2.78. The number of amides is 1. The van der Waals surface area contributed by atoms with Gasteiger partial charge in [-0.2, -0.15) is 0 Å². The third-order valence-corrected chi connectivity index (χ3v) is 5.18. The van der Waals surface area contributed by atoms with E-state index in [1.165, 1.54) is 11.8 Å². The van der Waals surface area contributed by atoms with E-state index in [0.29, 0.717) is 9.23 Å². The summed E-state index contributed by atoms with van der Waals surface area (Å²) in [6, 6.07) is 9.96. The summed E-state index contributed by atoms with van der Waals surface area (Å²) in [5.74, 6) is -0.154. The molecular formula is C15H9N3OS3. The summed E-state index contributed by atoms with van der Waals surface area (Å²) < 4.78 is 2.48. The Morgan fingerprint density at radius 3 is 2.82 bits per heavy atom. The number of hydrogen-bond donors (Lipinski definition) is 1. The summed E-state index contributed by atoms with van der Waals surface area (Å²) in [4.78, 5) is 18.1. The second-order valence-corrected chi connectivity index (χ2v) is 7.21. The average Bonchev–Trinajstić information content (AvgIpc) is 3.17. The van der Waals surface area contributed by atoms with E-state index in [2.05, 4.69) is 5.32 Å². The van der Waals surface area contributed by atoms with Crippen LogP contribution < -0.4 is 5.32 Å². The Morgan fingerprint density at radius 1 is 1.27 bits per heavy atom. The van der Waals surface area contributed by atoms with Crippen molar-refractivity contribution in [2.24, 2.45) is 0 Å². The number of nitrogens with one attached hydrogen (secondary N) is 1. The van der Waals surface area contributed by atoms with Crippen molar-refractivity contribution in [2.75, 3.05) is 0 Å². The molecule has 0 saturated carbocycles. The van der Waals surface area contributed by atoms with Crippen molar-refractivity contribution in [3.8, 4) is 11.3 Å². The minimum atomic E-state index is -0.154. The van der Waals surface area contributed by atoms with Gasteiger partial charge in [-0.1, -0.05) is 54.3 Å². The van der Waals surface area contributed by atoms with Crippen molar-refractivity contribution in [2.45, 2.75) is 0 Å². The quantitative estimate of drug-likeness (QED) is 0.571. The minimum absolute atomic E-state index is 0.154. The molecule has 0 atom stereocenters. The van der Waals surface area contributed by atoms with Gasteiger partial charge in [0.25, 0.3) is 5.91 Å². The van der Waals surface area contributed by atoms with Crippen molar-refractivity contribution >= 4 is 56.6 Å². The Morgan fingerprint density at radius 2 is 2.09 bits per heavy atom. The Balaban J connectivity index is 1.92. The molecule has 1 aliphatic rings. The molecule has 3 aromatic rings. The highest BCUT2D eigenvalue weighted by molar-refractivity contribution is 8.26. The van der Waals surface area contributed by atoms with Crippen LogP contribution in [0.15, 0.2) is 46.8 Å². The summed E-state index contributed by atoms with van der Waals surface area (Å²) in [6.07, 6.45) is 3.82. The molecule has 108 valence electrons. The zero-order chi connectivity index (χ0) is 15.1. The number of carbonyl (C=O) groups excluding carboxylic acids is 1. The van der Waals surface area contributed by atoms with Crippen molar-refractivity contribution < 1.29 is 4.79 Å². The van der Waals surface area contributed by atoms with Gasteiger partial charge in [0.1, 0.15) is 4.32 Å². The van der Waals surface area contributed by atoms with Crippen LogP contribution in [0.5, 0.6) is 0 Å². The number of nitrogens with zero attached hydrogens (tertiary/aromatic N) is 2. The van der Waals surface area contributed by atoms with Crippen molar-refractivity contribution in [1.29, 1.82) is 0 Å². The maximum absolute atomic E-state index is 11.9. The molecule has 1 N–H and O–H groups in total. The third kappa shape index (κ3) is 2.27. The van der Waals surface area contributed by atoms with E-state index in [9.17, 15) is 4.79 Å². The monoisotopic (exact) mass is 343 g/mol. The smallest absolute Gasteiger partial charge is 0.263 e. The van der Waals surface area contributed by atoms with Crippen molar-refractivity contribution in [3.63, 3.8) is 0 Å². The van der Waals surface area contributed by atoms with Crippen LogP contribution in [0.25, 0.3) is 22.3 Å². The Kier molecular flexibility index (Phi) is 3.33. The first kappa shape index (κ1) is 13.7. The highest BCUT2D eigenvalue weighted by atomic mass is 32.2. The lowest BCUT2D eigenvalue weighted by atomic mass is 10.1. The van der Waals surface area contributed by atoms with E-state index in [1.807, 2.05) is 52.4 Å². The molecule has 2 aromatic heterocycles. The van der Waals surface area contributed by atoms with Crippen molar-refractivity contribution in [1.82, 2.24) is 14.7 Å². The molecule has 1 amide bonds. The highest BCUT2D eigenvalue weighted by Gasteiger charge is 2.24. The number of hydrogen-bond acceptors (Lipinski definition) is 5. The molecule has 1 saturated heterocycles. The number of aromatic nitrogens is 2. The number of rotatable bonds is 2. The summed E-state index contributed by atoms with van der Waals surface area (Å²) in [6.45, 7) is 0. The number of thioether (sulfide) groups is 1. The van der Waals surface area contributed by atoms with Crippen LogP contribution in [0.4, 0.5) is 0 Å². The number of imidazole rings is 1. The summed E-state index contributed by atoms with van der Waals surface area (Å²) >= 11 is 7.89. The number of thiocarbonyl (C=S) groups is 1. The second kappa shape index (κ2) is 5.35. The molecule has 4 nitrogen and oxygen atoms in total. The molecule has 3 heterocycles. The standard InChI is InChI=1S/C15H9N3OS3/c19-13-11(22-15(20)17-13)8-10-12(9-4-2-1-3-5-9)16-14-18(10)6-7-21-14/h1-8H,(H,17,19,20)/b11-8-. The predicted molar refractivity (Wildman–Crippen MR) is 94.8 cm³/mol. The van der Waals surface area contributed by atoms with E-state index < -0.39 is 0 Å². The molecule has 0 spiro atoms. The maximum atomic E-state index is 11.9. The first-order valence-corrected chi connectivity index (χ1v) is 8.58. The Labute approximate surface area is 139 Å². The molecule has 0 unspecified atom stereocenters. The third-order valence-electron chi connectivity index (χ3n) is 3.26. The van der Waals surface area contributed by atoms with Gasteiger partial charge < -0.3 is 5.32 Å². The predicted octanol–water partition coefficient (Wildman–Crippen LogP) is 3.55. The molecule has 1 aromatic carbocycles. The van der Waals surface area contributed by atoms with Crippen molar-refractivity contribution in [3.05, 3.63) is 52.5 Å². The van der Waals surface area contributed by atoms with E-state index in [1.54, 1.807) is 11.3 Å². The van der Waals surface area contributed by atoms with E-state index in [4.69, 9.17) is 17.2 Å². The lowest BCUT2D eigenvalue weighted by Crippen LogP contribution is -2.17. The zero-order valence-corrected chi connectivity index (χ0v) is 13.6. The molecule has 1 fully saturated rings. The molecule has 4 rings (SSSR count). The number of carbonyl (C=O) groups is 1. The molecular weight excluding hydrogens is 334 g/mol. The van der Waals surface area contributed by atoms with E-state index in [0.717, 1.165) is 21.9 Å². The van der Waals surface area contributed by atoms with Gasteiger partial charge in [-0.3, -0.25) is 9.20 Å². The molecule has 7 heteroatoms. The molecule has 22 heavy (non-hydrogen) atoms. The molecule has 0 aliphatic carbocycles. The second-order valence-electron chi connectivity index (χ2n) is 4.62. The fraction of sp³-hybridized carbons (Fsp3) is 0. The topological polar surface area (TPSA) is 46.4 Å². The van der Waals surface area contributed by atoms with Gasteiger partial charge >= 0.3 is 0 Å². The minimum Gasteiger partial charge on any atom is -0.307 e. The highest BCUT2D eigenvalue weighted by Crippen LogP contribution is 2.32. The van der Waals surface area contributed by atoms with Crippen LogP contribution >= 0.6 is 35.3 Å². The number of benzene rings is 1. The lowest BCUT2D eigenvalue weighted by molar-refractivity contribution is -0.115. The Bertz CT molecular complexity index is 924. The van der Waals surface area contributed by atoms with Crippen LogP contribution in [-0.2, 0) is 4.79 Å². The van der Waals surface area contributed by atoms with Crippen LogP contribution in [-0.4, -0.2) is 19.6 Å². The maximum Gasteiger partial charge on any atom is 0.263 e. The molecule has 1 aliphatic heterocycles. The van der Waals surface area contributed by atoms with Gasteiger partial charge in [-0.05, 0) is 6.08 Å². The van der Waals surface area contributed by atoms with Gasteiger partial charge in [0.05, 0.1) is 16.3 Å². The molecule has 0 radical (unpaired) electrons. The molecule has 0 bridgehead atoms. The van der Waals surface area contributed by atoms with Gasteiger partial charge in [0.2, 0.25) is 0 Å². The van der Waals surface area contributed by atoms with E-state index in [-0.39, 0.29) is 5.91 Å². The SMILES string of the molecule is O=C1NC(=S)S/C1=C\c1c(-c2ccccc2)nc2sccn12. The van der Waals surface area contributed by atoms with Crippen LogP contribution in [0.1, 0.15) is 5.69 Å². The van der Waals surface area contributed by atoms with Crippen LogP contribution in [0, 0.1) is 0 Å². The van der Waals surface area contributed by atoms with Crippen LogP contribution in [0.3, 0.4) is 0 Å². The first-order valence-electron chi connectivity index (χ1n) is 6.48. The Hall–Kier alpha value is -1.96. The average molecular weight is 343 g/mol. The van der Waals surface area contributed by atoms with Gasteiger partial charge in [-0.15, -0.1) is 11.3 Å². The normalized spacial score (nSPS) is 16.6. The number of thiazole rings is 1. The summed E-state index contributed by atoms with van der Waals surface area (Å²) in [5, 5.41) is 4.62. The summed E-state index contributed by atoms with van der Waals surface area (Å²) in [7, 11) is 0. The van der Waals surface area contributed by atoms with Gasteiger partial charge in [-0.25, -0.2) is 4.98 Å². The lowest BCUT2D eigenvalue weighted by Gasteiger charge is -2.00. The fourth-order valence-corrected chi connectivity index (χ4v) is 4.04.